The maximum Gasteiger partial charge on any atom is 0.416 e. The van der Waals surface area contributed by atoms with Gasteiger partial charge in [-0.05, 0) is 40.8 Å². The summed E-state index contributed by atoms with van der Waals surface area (Å²) in [5.74, 6) is -0.270. The normalized spacial score (nSPS) is 11.4. The zero-order valence-electron chi connectivity index (χ0n) is 15.2. The Kier molecular flexibility index (Phi) is 5.27. The Morgan fingerprint density at radius 1 is 1.13 bits per heavy atom. The van der Waals surface area contributed by atoms with Crippen LogP contribution in [0.4, 0.5) is 18.9 Å². The molecule has 1 amide bonds. The molecule has 0 fully saturated rings. The van der Waals surface area contributed by atoms with Crippen LogP contribution in [0, 0.1) is 0 Å². The average molecular weight is 430 g/mol. The van der Waals surface area contributed by atoms with E-state index in [9.17, 15) is 18.0 Å². The first kappa shape index (κ1) is 19.7. The van der Waals surface area contributed by atoms with Crippen molar-refractivity contribution in [1.82, 2.24) is 25.2 Å². The van der Waals surface area contributed by atoms with Crippen molar-refractivity contribution in [3.63, 3.8) is 0 Å². The summed E-state index contributed by atoms with van der Waals surface area (Å²) in [7, 11) is 0. The number of amides is 1. The van der Waals surface area contributed by atoms with Crippen LogP contribution in [-0.2, 0) is 17.4 Å². The topological polar surface area (TPSA) is 85.6 Å². The van der Waals surface area contributed by atoms with E-state index in [0.29, 0.717) is 27.6 Å². The number of benzene rings is 2. The number of hydrogen-bond acceptors (Lipinski definition) is 6. The quantitative estimate of drug-likeness (QED) is 0.518. The molecular formula is C19H13F3N6OS. The van der Waals surface area contributed by atoms with Crippen LogP contribution in [0.1, 0.15) is 11.3 Å². The number of halogens is 3. The van der Waals surface area contributed by atoms with Gasteiger partial charge in [0.1, 0.15) is 11.3 Å². The number of nitrogens with one attached hydrogen (secondary N) is 1. The molecule has 0 aliphatic carbocycles. The molecule has 2 aromatic carbocycles. The lowest BCUT2D eigenvalue weighted by Gasteiger charge is -2.06. The molecule has 0 spiro atoms. The van der Waals surface area contributed by atoms with Gasteiger partial charge in [-0.2, -0.15) is 13.2 Å². The van der Waals surface area contributed by atoms with Crippen molar-refractivity contribution in [3.8, 4) is 16.3 Å². The summed E-state index contributed by atoms with van der Waals surface area (Å²) in [4.78, 5) is 16.7. The van der Waals surface area contributed by atoms with Gasteiger partial charge in [0.15, 0.2) is 0 Å². The number of anilines is 1. The molecule has 0 radical (unpaired) electrons. The minimum Gasteiger partial charge on any atom is -0.326 e. The van der Waals surface area contributed by atoms with Crippen LogP contribution in [0.3, 0.4) is 0 Å². The van der Waals surface area contributed by atoms with Gasteiger partial charge in [0.05, 0.1) is 23.4 Å². The second-order valence-electron chi connectivity index (χ2n) is 6.25. The van der Waals surface area contributed by atoms with Crippen LogP contribution < -0.4 is 5.32 Å². The number of carbonyl (C=O) groups is 1. The zero-order valence-corrected chi connectivity index (χ0v) is 16.0. The predicted octanol–water partition coefficient (Wildman–Crippen LogP) is 3.99. The Bertz CT molecular complexity index is 1160. The van der Waals surface area contributed by atoms with E-state index >= 15 is 0 Å². The lowest BCUT2D eigenvalue weighted by atomic mass is 10.1. The number of carbonyl (C=O) groups excluding carboxylic acids is 1. The Hall–Kier alpha value is -3.60. The van der Waals surface area contributed by atoms with Crippen LogP contribution in [0.2, 0.25) is 0 Å². The lowest BCUT2D eigenvalue weighted by Crippen LogP contribution is -2.14. The van der Waals surface area contributed by atoms with Gasteiger partial charge in [-0.3, -0.25) is 4.79 Å². The van der Waals surface area contributed by atoms with Crippen LogP contribution in [0.15, 0.2) is 60.2 Å². The third kappa shape index (κ3) is 4.51. The minimum atomic E-state index is -4.38. The van der Waals surface area contributed by atoms with Crippen molar-refractivity contribution in [2.75, 3.05) is 5.32 Å². The molecular weight excluding hydrogens is 417 g/mol. The number of tetrazole rings is 1. The zero-order chi connectivity index (χ0) is 21.1. The van der Waals surface area contributed by atoms with Gasteiger partial charge in [-0.15, -0.1) is 16.4 Å². The first-order valence-corrected chi connectivity index (χ1v) is 9.52. The molecule has 30 heavy (non-hydrogen) atoms. The van der Waals surface area contributed by atoms with Gasteiger partial charge in [0.2, 0.25) is 5.91 Å². The largest absolute Gasteiger partial charge is 0.416 e. The SMILES string of the molecule is O=C(Cc1csc(-c2ccc(C(F)(F)F)cc2)n1)Nc1cccc(-n2cnnn2)c1. The highest BCUT2D eigenvalue weighted by molar-refractivity contribution is 7.13. The van der Waals surface area contributed by atoms with Crippen LogP contribution in [-0.4, -0.2) is 31.1 Å². The molecule has 4 aromatic rings. The van der Waals surface area contributed by atoms with Crippen molar-refractivity contribution in [3.05, 3.63) is 71.5 Å². The third-order valence-corrected chi connectivity index (χ3v) is 5.04. The van der Waals surface area contributed by atoms with Crippen molar-refractivity contribution < 1.29 is 18.0 Å². The summed E-state index contributed by atoms with van der Waals surface area (Å²) in [6.07, 6.45) is -2.91. The fraction of sp³-hybridized carbons (Fsp3) is 0.105. The highest BCUT2D eigenvalue weighted by Crippen LogP contribution is 2.31. The predicted molar refractivity (Wildman–Crippen MR) is 104 cm³/mol. The number of aromatic nitrogens is 5. The van der Waals surface area contributed by atoms with E-state index in [2.05, 4.69) is 25.8 Å². The van der Waals surface area contributed by atoms with Crippen molar-refractivity contribution >= 4 is 22.9 Å². The number of hydrogen-bond donors (Lipinski definition) is 1. The Morgan fingerprint density at radius 2 is 1.93 bits per heavy atom. The Labute approximate surface area is 172 Å². The molecule has 1 N–H and O–H groups in total. The first-order valence-electron chi connectivity index (χ1n) is 8.64. The molecule has 11 heteroatoms. The van der Waals surface area contributed by atoms with Gasteiger partial charge >= 0.3 is 6.18 Å². The lowest BCUT2D eigenvalue weighted by molar-refractivity contribution is -0.137. The molecule has 0 aliphatic heterocycles. The van der Waals surface area contributed by atoms with Gasteiger partial charge in [0.25, 0.3) is 0 Å². The summed E-state index contributed by atoms with van der Waals surface area (Å²) >= 11 is 1.27. The fourth-order valence-corrected chi connectivity index (χ4v) is 3.52. The van der Waals surface area contributed by atoms with E-state index in [4.69, 9.17) is 0 Å². The molecule has 2 heterocycles. The van der Waals surface area contributed by atoms with Crippen LogP contribution in [0.25, 0.3) is 16.3 Å². The summed E-state index contributed by atoms with van der Waals surface area (Å²) in [6, 6.07) is 11.8. The number of thiazole rings is 1. The molecule has 0 aliphatic rings. The van der Waals surface area contributed by atoms with Gasteiger partial charge in [-0.25, -0.2) is 9.67 Å². The van der Waals surface area contributed by atoms with Crippen LogP contribution >= 0.6 is 11.3 Å². The summed E-state index contributed by atoms with van der Waals surface area (Å²) in [6.45, 7) is 0. The molecule has 0 bridgehead atoms. The van der Waals surface area contributed by atoms with E-state index in [1.54, 1.807) is 29.6 Å². The van der Waals surface area contributed by atoms with Crippen LogP contribution in [0.5, 0.6) is 0 Å². The minimum absolute atomic E-state index is 0.0340. The van der Waals surface area contributed by atoms with Gasteiger partial charge in [-0.1, -0.05) is 18.2 Å². The Balaban J connectivity index is 1.41. The molecule has 0 saturated carbocycles. The van der Waals surface area contributed by atoms with Gasteiger partial charge in [0, 0.05) is 16.6 Å². The van der Waals surface area contributed by atoms with E-state index < -0.39 is 11.7 Å². The third-order valence-electron chi connectivity index (χ3n) is 4.10. The standard InChI is InChI=1S/C19H13F3N6OS/c20-19(21,22)13-6-4-12(5-7-13)18-25-15(10-30-18)9-17(29)24-14-2-1-3-16(8-14)28-11-23-26-27-28/h1-8,10-11H,9H2,(H,24,29). The first-order chi connectivity index (χ1) is 14.4. The van der Waals surface area contributed by atoms with Crippen molar-refractivity contribution in [2.45, 2.75) is 12.6 Å². The highest BCUT2D eigenvalue weighted by atomic mass is 32.1. The van der Waals surface area contributed by atoms with Gasteiger partial charge < -0.3 is 5.32 Å². The number of alkyl halides is 3. The summed E-state index contributed by atoms with van der Waals surface area (Å²) in [5, 5.41) is 16.0. The smallest absolute Gasteiger partial charge is 0.326 e. The molecule has 7 nitrogen and oxygen atoms in total. The molecule has 0 unspecified atom stereocenters. The van der Waals surface area contributed by atoms with Crippen molar-refractivity contribution in [2.24, 2.45) is 0 Å². The number of nitrogens with zero attached hydrogens (tertiary/aromatic N) is 5. The summed E-state index contributed by atoms with van der Waals surface area (Å²) in [5.41, 5.74) is 1.64. The van der Waals surface area contributed by atoms with E-state index in [1.165, 1.54) is 34.5 Å². The highest BCUT2D eigenvalue weighted by Gasteiger charge is 2.30. The maximum atomic E-state index is 12.7. The number of rotatable bonds is 5. The summed E-state index contributed by atoms with van der Waals surface area (Å²) < 4.78 is 39.5. The fourth-order valence-electron chi connectivity index (χ4n) is 2.70. The Morgan fingerprint density at radius 3 is 2.63 bits per heavy atom. The second-order valence-corrected chi connectivity index (χ2v) is 7.11. The van der Waals surface area contributed by atoms with E-state index in [1.807, 2.05) is 0 Å². The second kappa shape index (κ2) is 8.03. The molecule has 4 rings (SSSR count). The maximum absolute atomic E-state index is 12.7. The van der Waals surface area contributed by atoms with E-state index in [-0.39, 0.29) is 12.3 Å². The molecule has 0 atom stereocenters. The van der Waals surface area contributed by atoms with Crippen molar-refractivity contribution in [1.29, 1.82) is 0 Å². The molecule has 152 valence electrons. The van der Waals surface area contributed by atoms with E-state index in [0.717, 1.165) is 12.1 Å². The molecule has 2 aromatic heterocycles. The monoisotopic (exact) mass is 430 g/mol. The average Bonchev–Trinajstić information content (AvgIpc) is 3.40. The molecule has 0 saturated heterocycles.